The van der Waals surface area contributed by atoms with E-state index in [9.17, 15) is 4.79 Å². The molecule has 1 aromatic heterocycles. The summed E-state index contributed by atoms with van der Waals surface area (Å²) in [6, 6.07) is 6.41. The fourth-order valence-corrected chi connectivity index (χ4v) is 5.15. The highest BCUT2D eigenvalue weighted by Crippen LogP contribution is 2.35. The molecular formula is C26H39N3O2S. The Morgan fingerprint density at radius 1 is 1.34 bits per heavy atom. The molecule has 176 valence electrons. The summed E-state index contributed by atoms with van der Waals surface area (Å²) in [4.78, 5) is 22.1. The normalized spacial score (nSPS) is 18.2. The van der Waals surface area contributed by atoms with Crippen LogP contribution in [-0.2, 0) is 4.74 Å². The van der Waals surface area contributed by atoms with Gasteiger partial charge in [0.1, 0.15) is 5.60 Å². The third kappa shape index (κ3) is 6.10. The molecule has 0 spiro atoms. The third-order valence-electron chi connectivity index (χ3n) is 6.05. The van der Waals surface area contributed by atoms with Crippen LogP contribution in [0, 0.1) is 5.92 Å². The van der Waals surface area contributed by atoms with Crippen molar-refractivity contribution in [2.24, 2.45) is 5.92 Å². The Labute approximate surface area is 197 Å². The highest BCUT2D eigenvalue weighted by atomic mass is 32.1. The van der Waals surface area contributed by atoms with Crippen molar-refractivity contribution in [1.29, 1.82) is 0 Å². The minimum absolute atomic E-state index is 0.277. The third-order valence-corrected chi connectivity index (χ3v) is 7.25. The van der Waals surface area contributed by atoms with Crippen molar-refractivity contribution in [3.8, 4) is 0 Å². The van der Waals surface area contributed by atoms with Gasteiger partial charge in [-0.3, -0.25) is 4.90 Å². The molecule has 5 nitrogen and oxygen atoms in total. The first-order chi connectivity index (χ1) is 15.1. The maximum atomic E-state index is 12.9. The van der Waals surface area contributed by atoms with Crippen molar-refractivity contribution in [1.82, 2.24) is 14.8 Å². The number of nitrogens with zero attached hydrogens (tertiary/aromatic N) is 3. The second-order valence-electron chi connectivity index (χ2n) is 10.0. The Kier molecular flexibility index (Phi) is 7.99. The Morgan fingerprint density at radius 3 is 2.75 bits per heavy atom. The molecule has 2 atom stereocenters. The van der Waals surface area contributed by atoms with Crippen molar-refractivity contribution in [2.75, 3.05) is 26.7 Å². The molecule has 0 N–H and O–H groups in total. The maximum Gasteiger partial charge on any atom is 0.414 e. The van der Waals surface area contributed by atoms with E-state index < -0.39 is 5.60 Å². The predicted octanol–water partition coefficient (Wildman–Crippen LogP) is 6.75. The molecule has 2 aromatic rings. The van der Waals surface area contributed by atoms with Crippen LogP contribution in [0.25, 0.3) is 15.9 Å². The quantitative estimate of drug-likeness (QED) is 0.461. The van der Waals surface area contributed by atoms with E-state index in [-0.39, 0.29) is 6.09 Å². The van der Waals surface area contributed by atoms with E-state index in [1.54, 1.807) is 16.2 Å². The fraction of sp³-hybridized carbons (Fsp3) is 0.615. The molecule has 0 aliphatic carbocycles. The molecular weight excluding hydrogens is 418 g/mol. The number of hydrogen-bond acceptors (Lipinski definition) is 5. The lowest BCUT2D eigenvalue weighted by molar-refractivity contribution is 0.0327. The molecule has 0 saturated heterocycles. The molecule has 32 heavy (non-hydrogen) atoms. The molecule has 1 aromatic carbocycles. The Morgan fingerprint density at radius 2 is 2.09 bits per heavy atom. The van der Waals surface area contributed by atoms with Gasteiger partial charge < -0.3 is 9.64 Å². The van der Waals surface area contributed by atoms with Gasteiger partial charge in [0.15, 0.2) is 0 Å². The number of carbonyl (C=O) groups excluding carboxylic acids is 1. The van der Waals surface area contributed by atoms with E-state index in [1.807, 2.05) is 20.8 Å². The number of allylic oxidation sites excluding steroid dienone is 1. The van der Waals surface area contributed by atoms with Crippen molar-refractivity contribution in [3.63, 3.8) is 0 Å². The summed E-state index contributed by atoms with van der Waals surface area (Å²) in [6.45, 7) is 15.2. The Bertz CT molecular complexity index is 960. The van der Waals surface area contributed by atoms with Crippen LogP contribution >= 0.6 is 11.3 Å². The van der Waals surface area contributed by atoms with Gasteiger partial charge in [-0.25, -0.2) is 9.78 Å². The van der Waals surface area contributed by atoms with Crippen LogP contribution in [-0.4, -0.2) is 53.2 Å². The zero-order valence-corrected chi connectivity index (χ0v) is 21.6. The van der Waals surface area contributed by atoms with Gasteiger partial charge in [-0.1, -0.05) is 32.9 Å². The molecule has 3 rings (SSSR count). The number of thiazole rings is 1. The van der Waals surface area contributed by atoms with Crippen molar-refractivity contribution >= 4 is 33.3 Å². The SMILES string of the molecule is CCC(CCN(C)CC)c1nc2cc(C3=CC[C@H](C)CN3C(=O)OC(C)(C)C)ccc2s1. The number of benzene rings is 1. The van der Waals surface area contributed by atoms with Crippen molar-refractivity contribution in [2.45, 2.75) is 72.3 Å². The molecule has 1 unspecified atom stereocenters. The smallest absolute Gasteiger partial charge is 0.414 e. The first kappa shape index (κ1) is 24.7. The second kappa shape index (κ2) is 10.3. The summed E-state index contributed by atoms with van der Waals surface area (Å²) >= 11 is 1.81. The molecule has 1 amide bonds. The van der Waals surface area contributed by atoms with Crippen LogP contribution in [0.2, 0.25) is 0 Å². The summed E-state index contributed by atoms with van der Waals surface area (Å²) in [5.74, 6) is 0.894. The molecule has 0 bridgehead atoms. The topological polar surface area (TPSA) is 45.7 Å². The summed E-state index contributed by atoms with van der Waals surface area (Å²) in [7, 11) is 2.17. The first-order valence-electron chi connectivity index (χ1n) is 11.9. The zero-order chi connectivity index (χ0) is 23.5. The molecule has 0 saturated carbocycles. The monoisotopic (exact) mass is 457 g/mol. The molecule has 1 aliphatic rings. The van der Waals surface area contributed by atoms with Crippen LogP contribution in [0.1, 0.15) is 77.3 Å². The van der Waals surface area contributed by atoms with Gasteiger partial charge in [-0.2, -0.15) is 0 Å². The lowest BCUT2D eigenvalue weighted by Gasteiger charge is -2.33. The highest BCUT2D eigenvalue weighted by molar-refractivity contribution is 7.18. The average molecular weight is 458 g/mol. The lowest BCUT2D eigenvalue weighted by atomic mass is 9.98. The molecule has 1 aliphatic heterocycles. The minimum Gasteiger partial charge on any atom is -0.443 e. The number of hydrogen-bond donors (Lipinski definition) is 0. The van der Waals surface area contributed by atoms with Gasteiger partial charge in [-0.15, -0.1) is 11.3 Å². The van der Waals surface area contributed by atoms with E-state index >= 15 is 0 Å². The van der Waals surface area contributed by atoms with Gasteiger partial charge in [-0.05, 0) is 78.2 Å². The van der Waals surface area contributed by atoms with E-state index in [0.717, 1.165) is 49.1 Å². The second-order valence-corrected chi connectivity index (χ2v) is 11.1. The number of aromatic nitrogens is 1. The maximum absolute atomic E-state index is 12.9. The van der Waals surface area contributed by atoms with E-state index in [4.69, 9.17) is 9.72 Å². The molecule has 0 fully saturated rings. The van der Waals surface area contributed by atoms with Gasteiger partial charge in [0, 0.05) is 18.0 Å². The largest absolute Gasteiger partial charge is 0.443 e. The van der Waals surface area contributed by atoms with Gasteiger partial charge in [0.05, 0.1) is 20.9 Å². The van der Waals surface area contributed by atoms with Crippen LogP contribution in [0.15, 0.2) is 24.3 Å². The summed E-state index contributed by atoms with van der Waals surface area (Å²) < 4.78 is 6.91. The Balaban J connectivity index is 1.87. The summed E-state index contributed by atoms with van der Waals surface area (Å²) in [6.07, 6.45) is 5.07. The van der Waals surface area contributed by atoms with Crippen LogP contribution in [0.4, 0.5) is 4.79 Å². The first-order valence-corrected chi connectivity index (χ1v) is 12.7. The minimum atomic E-state index is -0.516. The van der Waals surface area contributed by atoms with Crippen molar-refractivity contribution in [3.05, 3.63) is 34.8 Å². The highest BCUT2D eigenvalue weighted by Gasteiger charge is 2.29. The van der Waals surface area contributed by atoms with Gasteiger partial charge in [0.2, 0.25) is 0 Å². The number of carbonyl (C=O) groups is 1. The van der Waals surface area contributed by atoms with Crippen LogP contribution in [0.3, 0.4) is 0 Å². The standard InChI is InChI=1S/C26H39N3O2S/c1-8-19(14-15-28(7)9-2)24-27-21-16-20(11-13-23(21)32-24)22-12-10-18(3)17-29(22)25(30)31-26(4,5)6/h11-13,16,18-19H,8-10,14-15,17H2,1-7H3/t18-,19?/m0/s1. The molecule has 0 radical (unpaired) electrons. The lowest BCUT2D eigenvalue weighted by Crippen LogP contribution is -2.39. The van der Waals surface area contributed by atoms with Gasteiger partial charge in [0.25, 0.3) is 0 Å². The van der Waals surface area contributed by atoms with E-state index in [2.05, 4.69) is 57.0 Å². The van der Waals surface area contributed by atoms with E-state index in [0.29, 0.717) is 18.4 Å². The number of ether oxygens (including phenoxy) is 1. The van der Waals surface area contributed by atoms with Crippen molar-refractivity contribution < 1.29 is 9.53 Å². The fourth-order valence-electron chi connectivity index (χ4n) is 3.99. The average Bonchev–Trinajstić information content (AvgIpc) is 3.15. The Hall–Kier alpha value is -1.92. The molecule has 2 heterocycles. The van der Waals surface area contributed by atoms with E-state index in [1.165, 1.54) is 9.71 Å². The number of amides is 1. The van der Waals surface area contributed by atoms with Gasteiger partial charge >= 0.3 is 6.09 Å². The zero-order valence-electron chi connectivity index (χ0n) is 20.8. The molecule has 6 heteroatoms. The summed E-state index contributed by atoms with van der Waals surface area (Å²) in [5, 5.41) is 1.22. The van der Waals surface area contributed by atoms with Crippen LogP contribution in [0.5, 0.6) is 0 Å². The predicted molar refractivity (Wildman–Crippen MR) is 135 cm³/mol. The summed E-state index contributed by atoms with van der Waals surface area (Å²) in [5.41, 5.74) is 2.47. The van der Waals surface area contributed by atoms with Crippen LogP contribution < -0.4 is 0 Å². The number of fused-ring (bicyclic) bond motifs is 1. The number of rotatable bonds is 7.